The summed E-state index contributed by atoms with van der Waals surface area (Å²) >= 11 is 0. The maximum absolute atomic E-state index is 11.4. The zero-order valence-corrected chi connectivity index (χ0v) is 10.7. The lowest BCUT2D eigenvalue weighted by Gasteiger charge is -2.26. The van der Waals surface area contributed by atoms with Gasteiger partial charge in [0.25, 0.3) is 0 Å². The molecule has 7 nitrogen and oxygen atoms in total. The van der Waals surface area contributed by atoms with Gasteiger partial charge in [-0.3, -0.25) is 9.69 Å². The average Bonchev–Trinajstić information content (AvgIpc) is 2.34. The molecule has 0 radical (unpaired) electrons. The van der Waals surface area contributed by atoms with Crippen LogP contribution in [0, 0.1) is 0 Å². The molecule has 18 heavy (non-hydrogen) atoms. The number of amides is 2. The van der Waals surface area contributed by atoms with Gasteiger partial charge in [0.05, 0.1) is 13.2 Å². The molecule has 104 valence electrons. The van der Waals surface area contributed by atoms with Gasteiger partial charge < -0.3 is 20.1 Å². The fourth-order valence-electron chi connectivity index (χ4n) is 1.73. The molecule has 0 aromatic heterocycles. The number of carbonyl (C=O) groups excluding carboxylic acids is 1. The zero-order chi connectivity index (χ0) is 13.4. The molecule has 0 saturated carbocycles. The Hall–Kier alpha value is -1.34. The molecule has 1 aliphatic rings. The van der Waals surface area contributed by atoms with Crippen molar-refractivity contribution in [3.63, 3.8) is 0 Å². The van der Waals surface area contributed by atoms with Crippen molar-refractivity contribution in [1.82, 2.24) is 15.1 Å². The van der Waals surface area contributed by atoms with E-state index in [0.29, 0.717) is 6.54 Å². The van der Waals surface area contributed by atoms with E-state index in [9.17, 15) is 9.59 Å². The normalized spacial score (nSPS) is 16.3. The number of carboxylic acid groups (broad SMARTS) is 1. The first kappa shape index (κ1) is 14.7. The fourth-order valence-corrected chi connectivity index (χ4v) is 1.73. The first-order chi connectivity index (χ1) is 8.59. The molecule has 1 heterocycles. The van der Waals surface area contributed by atoms with E-state index >= 15 is 0 Å². The Kier molecular flexibility index (Phi) is 6.45. The Morgan fingerprint density at radius 2 is 2.06 bits per heavy atom. The van der Waals surface area contributed by atoms with Gasteiger partial charge in [-0.05, 0) is 13.0 Å². The summed E-state index contributed by atoms with van der Waals surface area (Å²) in [5.41, 5.74) is 0. The highest BCUT2D eigenvalue weighted by atomic mass is 16.5. The van der Waals surface area contributed by atoms with Crippen molar-refractivity contribution in [3.8, 4) is 0 Å². The summed E-state index contributed by atoms with van der Waals surface area (Å²) < 4.78 is 5.24. The van der Waals surface area contributed by atoms with Crippen LogP contribution >= 0.6 is 0 Å². The van der Waals surface area contributed by atoms with E-state index < -0.39 is 5.97 Å². The third-order valence-corrected chi connectivity index (χ3v) is 2.75. The highest BCUT2D eigenvalue weighted by Gasteiger charge is 2.12. The zero-order valence-electron chi connectivity index (χ0n) is 10.7. The van der Waals surface area contributed by atoms with Gasteiger partial charge in [-0.1, -0.05) is 0 Å². The summed E-state index contributed by atoms with van der Waals surface area (Å²) in [6.07, 6.45) is 0.854. The number of carboxylic acids is 1. The standard InChI is InChI=1S/C11H21N3O4/c1-13(9-10(15)16)11(17)12-3-2-4-14-5-7-18-8-6-14/h2-9H2,1H3,(H,12,17)(H,15,16). The maximum atomic E-state index is 11.4. The number of ether oxygens (including phenoxy) is 1. The minimum Gasteiger partial charge on any atom is -0.480 e. The third-order valence-electron chi connectivity index (χ3n) is 2.75. The second kappa shape index (κ2) is 7.88. The van der Waals surface area contributed by atoms with Crippen molar-refractivity contribution in [2.75, 3.05) is 53.0 Å². The summed E-state index contributed by atoms with van der Waals surface area (Å²) in [4.78, 5) is 25.3. The monoisotopic (exact) mass is 259 g/mol. The highest BCUT2D eigenvalue weighted by molar-refractivity contribution is 5.79. The Morgan fingerprint density at radius 3 is 2.67 bits per heavy atom. The summed E-state index contributed by atoms with van der Waals surface area (Å²) in [6.45, 7) is 4.61. The molecule has 1 fully saturated rings. The van der Waals surface area contributed by atoms with Crippen molar-refractivity contribution in [2.24, 2.45) is 0 Å². The van der Waals surface area contributed by atoms with Gasteiger partial charge in [0.2, 0.25) is 0 Å². The summed E-state index contributed by atoms with van der Waals surface area (Å²) in [5.74, 6) is -1.01. The third kappa shape index (κ3) is 5.83. The maximum Gasteiger partial charge on any atom is 0.323 e. The van der Waals surface area contributed by atoms with Crippen LogP contribution in [0.25, 0.3) is 0 Å². The minimum atomic E-state index is -1.01. The van der Waals surface area contributed by atoms with E-state index in [4.69, 9.17) is 9.84 Å². The lowest BCUT2D eigenvalue weighted by atomic mass is 10.3. The number of urea groups is 1. The molecule has 0 atom stereocenters. The lowest BCUT2D eigenvalue weighted by Crippen LogP contribution is -2.42. The first-order valence-corrected chi connectivity index (χ1v) is 6.10. The quantitative estimate of drug-likeness (QED) is 0.625. The van der Waals surface area contributed by atoms with Crippen molar-refractivity contribution >= 4 is 12.0 Å². The van der Waals surface area contributed by atoms with E-state index in [-0.39, 0.29) is 12.6 Å². The van der Waals surface area contributed by atoms with E-state index in [0.717, 1.165) is 44.2 Å². The van der Waals surface area contributed by atoms with Crippen molar-refractivity contribution in [1.29, 1.82) is 0 Å². The Bertz CT molecular complexity index is 279. The molecule has 0 aromatic carbocycles. The molecule has 0 aliphatic carbocycles. The number of hydrogen-bond donors (Lipinski definition) is 2. The second-order valence-corrected chi connectivity index (χ2v) is 4.29. The molecule has 1 rings (SSSR count). The number of aliphatic carboxylic acids is 1. The first-order valence-electron chi connectivity index (χ1n) is 6.10. The highest BCUT2D eigenvalue weighted by Crippen LogP contribution is 1.97. The molecule has 2 amide bonds. The number of nitrogens with zero attached hydrogens (tertiary/aromatic N) is 2. The molecule has 0 spiro atoms. The van der Waals surface area contributed by atoms with Crippen LogP contribution in [-0.2, 0) is 9.53 Å². The van der Waals surface area contributed by atoms with E-state index in [1.165, 1.54) is 7.05 Å². The van der Waals surface area contributed by atoms with Crippen molar-refractivity contribution in [3.05, 3.63) is 0 Å². The van der Waals surface area contributed by atoms with Crippen LogP contribution in [-0.4, -0.2) is 79.9 Å². The van der Waals surface area contributed by atoms with Crippen molar-refractivity contribution < 1.29 is 19.4 Å². The SMILES string of the molecule is CN(CC(=O)O)C(=O)NCCCN1CCOCC1. The van der Waals surface area contributed by atoms with Crippen LogP contribution in [0.3, 0.4) is 0 Å². The van der Waals surface area contributed by atoms with Crippen LogP contribution < -0.4 is 5.32 Å². The fraction of sp³-hybridized carbons (Fsp3) is 0.818. The van der Waals surface area contributed by atoms with Gasteiger partial charge in [-0.15, -0.1) is 0 Å². The number of hydrogen-bond acceptors (Lipinski definition) is 4. The Balaban J connectivity index is 2.05. The lowest BCUT2D eigenvalue weighted by molar-refractivity contribution is -0.137. The van der Waals surface area contributed by atoms with E-state index in [1.54, 1.807) is 0 Å². The molecular formula is C11H21N3O4. The second-order valence-electron chi connectivity index (χ2n) is 4.29. The van der Waals surface area contributed by atoms with Gasteiger partial charge in [-0.25, -0.2) is 4.79 Å². The summed E-state index contributed by atoms with van der Waals surface area (Å²) in [5, 5.41) is 11.2. The molecule has 1 aliphatic heterocycles. The minimum absolute atomic E-state index is 0.282. The molecule has 0 unspecified atom stereocenters. The number of rotatable bonds is 6. The molecule has 2 N–H and O–H groups in total. The smallest absolute Gasteiger partial charge is 0.323 e. The number of nitrogens with one attached hydrogen (secondary N) is 1. The summed E-state index contributed by atoms with van der Waals surface area (Å²) in [6, 6.07) is -0.348. The number of morpholine rings is 1. The predicted octanol–water partition coefficient (Wildman–Crippen LogP) is -0.565. The van der Waals surface area contributed by atoms with Crippen molar-refractivity contribution in [2.45, 2.75) is 6.42 Å². The van der Waals surface area contributed by atoms with Crippen LogP contribution in [0.1, 0.15) is 6.42 Å². The number of likely N-dealkylation sites (N-methyl/N-ethyl adjacent to an activating group) is 1. The molecule has 1 saturated heterocycles. The molecule has 7 heteroatoms. The van der Waals surface area contributed by atoms with Gasteiger partial charge in [-0.2, -0.15) is 0 Å². The van der Waals surface area contributed by atoms with Crippen LogP contribution in [0.2, 0.25) is 0 Å². The Labute approximate surface area is 107 Å². The van der Waals surface area contributed by atoms with Crippen LogP contribution in [0.4, 0.5) is 4.79 Å². The Morgan fingerprint density at radius 1 is 1.39 bits per heavy atom. The van der Waals surface area contributed by atoms with E-state index in [1.807, 2.05) is 0 Å². The van der Waals surface area contributed by atoms with E-state index in [2.05, 4.69) is 10.2 Å². The molecule has 0 aromatic rings. The average molecular weight is 259 g/mol. The van der Waals surface area contributed by atoms with Gasteiger partial charge >= 0.3 is 12.0 Å². The van der Waals surface area contributed by atoms with Gasteiger partial charge in [0.1, 0.15) is 6.54 Å². The predicted molar refractivity (Wildman–Crippen MR) is 65.5 cm³/mol. The van der Waals surface area contributed by atoms with Crippen LogP contribution in [0.15, 0.2) is 0 Å². The number of carbonyl (C=O) groups is 2. The topological polar surface area (TPSA) is 82.1 Å². The molecule has 0 bridgehead atoms. The van der Waals surface area contributed by atoms with Gasteiger partial charge in [0.15, 0.2) is 0 Å². The van der Waals surface area contributed by atoms with Crippen LogP contribution in [0.5, 0.6) is 0 Å². The van der Waals surface area contributed by atoms with Gasteiger partial charge in [0, 0.05) is 26.7 Å². The molecular weight excluding hydrogens is 238 g/mol. The largest absolute Gasteiger partial charge is 0.480 e. The summed E-state index contributed by atoms with van der Waals surface area (Å²) in [7, 11) is 1.46.